The summed E-state index contributed by atoms with van der Waals surface area (Å²) in [5.74, 6) is 1.80. The number of pyridine rings is 1. The summed E-state index contributed by atoms with van der Waals surface area (Å²) in [5, 5.41) is 0. The second-order valence-corrected chi connectivity index (χ2v) is 8.08. The minimum atomic E-state index is 0.420. The summed E-state index contributed by atoms with van der Waals surface area (Å²) in [6.45, 7) is 6.79. The molecular weight excluding hydrogens is 360 g/mol. The fraction of sp³-hybridized carbons (Fsp3) is 0.375. The number of aromatic nitrogens is 3. The van der Waals surface area contributed by atoms with Crippen LogP contribution in [0.3, 0.4) is 0 Å². The molecule has 2 aliphatic heterocycles. The Morgan fingerprint density at radius 3 is 2.79 bits per heavy atom. The zero-order valence-corrected chi connectivity index (χ0v) is 17.1. The molecule has 1 saturated heterocycles. The minimum absolute atomic E-state index is 0.420. The van der Waals surface area contributed by atoms with Gasteiger partial charge in [-0.05, 0) is 56.5 Å². The van der Waals surface area contributed by atoms with Gasteiger partial charge < -0.3 is 4.74 Å². The maximum absolute atomic E-state index is 5.73. The van der Waals surface area contributed by atoms with Crippen molar-refractivity contribution in [1.29, 1.82) is 0 Å². The summed E-state index contributed by atoms with van der Waals surface area (Å²) < 4.78 is 5.73. The van der Waals surface area contributed by atoms with Crippen LogP contribution in [0.15, 0.2) is 42.6 Å². The van der Waals surface area contributed by atoms with E-state index in [-0.39, 0.29) is 0 Å². The van der Waals surface area contributed by atoms with Crippen LogP contribution in [0.25, 0.3) is 11.3 Å². The van der Waals surface area contributed by atoms with Crippen molar-refractivity contribution in [2.75, 3.05) is 13.2 Å². The van der Waals surface area contributed by atoms with Gasteiger partial charge in [-0.3, -0.25) is 9.88 Å². The van der Waals surface area contributed by atoms with E-state index in [1.165, 1.54) is 24.0 Å². The van der Waals surface area contributed by atoms with Crippen LogP contribution in [-0.4, -0.2) is 33.0 Å². The van der Waals surface area contributed by atoms with Crippen LogP contribution >= 0.6 is 0 Å². The highest BCUT2D eigenvalue weighted by Crippen LogP contribution is 2.36. The topological polar surface area (TPSA) is 51.1 Å². The lowest BCUT2D eigenvalue weighted by molar-refractivity contribution is 0.247. The standard InChI is InChI=1S/C24H26N4O/c1-16-12-22(27-17(2)26-16)19-7-5-18(6-8-19)15-28-10-3-4-23(28)20-13-24-21(25-14-20)9-11-29-24/h5-8,12-14,23H,3-4,9-11,15H2,1-2H3/t23-/m1/s1. The molecule has 0 radical (unpaired) electrons. The molecule has 148 valence electrons. The molecule has 0 unspecified atom stereocenters. The first-order valence-corrected chi connectivity index (χ1v) is 10.4. The Morgan fingerprint density at radius 2 is 1.97 bits per heavy atom. The molecule has 1 fully saturated rings. The summed E-state index contributed by atoms with van der Waals surface area (Å²) in [7, 11) is 0. The van der Waals surface area contributed by atoms with Crippen molar-refractivity contribution in [1.82, 2.24) is 19.9 Å². The average Bonchev–Trinajstić information content (AvgIpc) is 3.36. The lowest BCUT2D eigenvalue weighted by Crippen LogP contribution is -2.22. The molecule has 2 aliphatic rings. The number of rotatable bonds is 4. The zero-order chi connectivity index (χ0) is 19.8. The van der Waals surface area contributed by atoms with Gasteiger partial charge in [-0.2, -0.15) is 0 Å². The Morgan fingerprint density at radius 1 is 1.10 bits per heavy atom. The van der Waals surface area contributed by atoms with E-state index in [1.807, 2.05) is 19.9 Å². The molecule has 0 aliphatic carbocycles. The minimum Gasteiger partial charge on any atom is -0.491 e. The lowest BCUT2D eigenvalue weighted by atomic mass is 10.0. The van der Waals surface area contributed by atoms with E-state index in [0.29, 0.717) is 6.04 Å². The van der Waals surface area contributed by atoms with Gasteiger partial charge >= 0.3 is 0 Å². The molecule has 29 heavy (non-hydrogen) atoms. The lowest BCUT2D eigenvalue weighted by Gasteiger charge is -2.25. The van der Waals surface area contributed by atoms with Crippen LogP contribution in [0, 0.1) is 13.8 Å². The molecule has 5 nitrogen and oxygen atoms in total. The van der Waals surface area contributed by atoms with Crippen molar-refractivity contribution >= 4 is 0 Å². The van der Waals surface area contributed by atoms with Crippen molar-refractivity contribution in [3.63, 3.8) is 0 Å². The van der Waals surface area contributed by atoms with E-state index in [4.69, 9.17) is 4.74 Å². The second kappa shape index (κ2) is 7.56. The second-order valence-electron chi connectivity index (χ2n) is 8.08. The molecule has 0 bridgehead atoms. The molecular formula is C24H26N4O. The van der Waals surface area contributed by atoms with Crippen LogP contribution < -0.4 is 4.74 Å². The van der Waals surface area contributed by atoms with E-state index in [2.05, 4.69) is 56.4 Å². The first kappa shape index (κ1) is 18.3. The fourth-order valence-electron chi connectivity index (χ4n) is 4.51. The SMILES string of the molecule is Cc1cc(-c2ccc(CN3CCC[C@@H]3c3cnc4c(c3)OCC4)cc2)nc(C)n1. The Bertz CT molecular complexity index is 1010. The van der Waals surface area contributed by atoms with Crippen LogP contribution in [0.5, 0.6) is 5.75 Å². The molecule has 0 saturated carbocycles. The number of fused-ring (bicyclic) bond motifs is 1. The zero-order valence-electron chi connectivity index (χ0n) is 17.1. The molecule has 4 heterocycles. The van der Waals surface area contributed by atoms with Crippen LogP contribution in [-0.2, 0) is 13.0 Å². The fourth-order valence-corrected chi connectivity index (χ4v) is 4.51. The highest BCUT2D eigenvalue weighted by Gasteiger charge is 2.27. The monoisotopic (exact) mass is 386 g/mol. The third kappa shape index (κ3) is 3.75. The highest BCUT2D eigenvalue weighted by molar-refractivity contribution is 5.59. The maximum atomic E-state index is 5.73. The van der Waals surface area contributed by atoms with Gasteiger partial charge in [-0.25, -0.2) is 9.97 Å². The first-order chi connectivity index (χ1) is 14.2. The molecule has 1 atom stereocenters. The van der Waals surface area contributed by atoms with Crippen molar-refractivity contribution in [2.24, 2.45) is 0 Å². The molecule has 5 heteroatoms. The van der Waals surface area contributed by atoms with Gasteiger partial charge in [0.2, 0.25) is 0 Å². The van der Waals surface area contributed by atoms with Crippen LogP contribution in [0.2, 0.25) is 0 Å². The molecule has 1 aromatic carbocycles. The summed E-state index contributed by atoms with van der Waals surface area (Å²) in [4.78, 5) is 16.2. The summed E-state index contributed by atoms with van der Waals surface area (Å²) in [5.41, 5.74) is 6.85. The number of hydrogen-bond acceptors (Lipinski definition) is 5. The number of likely N-dealkylation sites (tertiary alicyclic amines) is 1. The molecule has 0 spiro atoms. The number of hydrogen-bond donors (Lipinski definition) is 0. The van der Waals surface area contributed by atoms with Crippen LogP contribution in [0.4, 0.5) is 0 Å². The Kier molecular flexibility index (Phi) is 4.76. The highest BCUT2D eigenvalue weighted by atomic mass is 16.5. The number of benzene rings is 1. The third-order valence-electron chi connectivity index (χ3n) is 5.90. The van der Waals surface area contributed by atoms with E-state index in [1.54, 1.807) is 0 Å². The Balaban J connectivity index is 1.33. The predicted octanol–water partition coefficient (Wildman–Crippen LogP) is 4.43. The maximum Gasteiger partial charge on any atom is 0.141 e. The summed E-state index contributed by atoms with van der Waals surface area (Å²) >= 11 is 0. The van der Waals surface area contributed by atoms with E-state index >= 15 is 0 Å². The van der Waals surface area contributed by atoms with E-state index in [0.717, 1.165) is 60.3 Å². The van der Waals surface area contributed by atoms with E-state index < -0.39 is 0 Å². The van der Waals surface area contributed by atoms with Crippen molar-refractivity contribution in [2.45, 2.75) is 45.7 Å². The Labute approximate surface area is 171 Å². The largest absolute Gasteiger partial charge is 0.491 e. The van der Waals surface area contributed by atoms with Gasteiger partial charge in [0.15, 0.2) is 0 Å². The molecule has 0 amide bonds. The van der Waals surface area contributed by atoms with Gasteiger partial charge in [-0.15, -0.1) is 0 Å². The van der Waals surface area contributed by atoms with Crippen molar-refractivity contribution < 1.29 is 4.74 Å². The first-order valence-electron chi connectivity index (χ1n) is 10.4. The predicted molar refractivity (Wildman–Crippen MR) is 113 cm³/mol. The molecule has 2 aromatic heterocycles. The number of nitrogens with zero attached hydrogens (tertiary/aromatic N) is 4. The third-order valence-corrected chi connectivity index (χ3v) is 5.90. The van der Waals surface area contributed by atoms with Gasteiger partial charge in [0.1, 0.15) is 11.6 Å². The molecule has 3 aromatic rings. The summed E-state index contributed by atoms with van der Waals surface area (Å²) in [6, 6.07) is 13.5. The number of aryl methyl sites for hydroxylation is 2. The van der Waals surface area contributed by atoms with Crippen LogP contribution in [0.1, 0.15) is 47.2 Å². The van der Waals surface area contributed by atoms with Gasteiger partial charge in [0.25, 0.3) is 0 Å². The van der Waals surface area contributed by atoms with E-state index in [9.17, 15) is 0 Å². The summed E-state index contributed by atoms with van der Waals surface area (Å²) in [6.07, 6.45) is 5.39. The normalized spacial score (nSPS) is 18.6. The Hall–Kier alpha value is -2.79. The van der Waals surface area contributed by atoms with Crippen molar-refractivity contribution in [3.05, 3.63) is 70.9 Å². The van der Waals surface area contributed by atoms with Crippen molar-refractivity contribution in [3.8, 4) is 17.0 Å². The van der Waals surface area contributed by atoms with Gasteiger partial charge in [-0.1, -0.05) is 24.3 Å². The van der Waals surface area contributed by atoms with Gasteiger partial charge in [0, 0.05) is 36.5 Å². The average molecular weight is 386 g/mol. The number of ether oxygens (including phenoxy) is 1. The van der Waals surface area contributed by atoms with Gasteiger partial charge in [0.05, 0.1) is 18.0 Å². The molecule has 5 rings (SSSR count). The smallest absolute Gasteiger partial charge is 0.141 e. The molecule has 0 N–H and O–H groups in total. The quantitative estimate of drug-likeness (QED) is 0.664.